The molecule has 2 N–H and O–H groups in total. The molecule has 1 unspecified atom stereocenters. The van der Waals surface area contributed by atoms with Gasteiger partial charge in [0.15, 0.2) is 0 Å². The second-order valence-electron chi connectivity index (χ2n) is 4.58. The lowest BCUT2D eigenvalue weighted by molar-refractivity contribution is 0.529. The van der Waals surface area contributed by atoms with Crippen molar-refractivity contribution < 1.29 is 4.21 Å². The first-order chi connectivity index (χ1) is 8.08. The summed E-state index contributed by atoms with van der Waals surface area (Å²) in [6.07, 6.45) is 3.15. The standard InChI is InChI=1S/C12H15Cl2NOS/c13-9-2-1-3-10(14)11(9)17(16)8-12(4-5-12)6-7-15/h1-3H,4-8,15H2. The van der Waals surface area contributed by atoms with Gasteiger partial charge in [-0.1, -0.05) is 29.3 Å². The van der Waals surface area contributed by atoms with Gasteiger partial charge in [-0.05, 0) is 43.4 Å². The Kier molecular flexibility index (Phi) is 4.14. The summed E-state index contributed by atoms with van der Waals surface area (Å²) in [5, 5.41) is 0.971. The van der Waals surface area contributed by atoms with Gasteiger partial charge in [-0.15, -0.1) is 0 Å². The zero-order chi connectivity index (χ0) is 12.5. The molecule has 0 spiro atoms. The second kappa shape index (κ2) is 5.27. The minimum Gasteiger partial charge on any atom is -0.330 e. The van der Waals surface area contributed by atoms with Crippen molar-refractivity contribution in [1.82, 2.24) is 0 Å². The normalized spacial score (nSPS) is 19.0. The maximum absolute atomic E-state index is 12.3. The Balaban J connectivity index is 2.15. The summed E-state index contributed by atoms with van der Waals surface area (Å²) in [4.78, 5) is 0.569. The zero-order valence-corrected chi connectivity index (χ0v) is 11.7. The van der Waals surface area contributed by atoms with Crippen LogP contribution in [0.15, 0.2) is 23.1 Å². The molecule has 1 aliphatic rings. The third kappa shape index (κ3) is 3.02. The van der Waals surface area contributed by atoms with Crippen LogP contribution in [0.3, 0.4) is 0 Å². The van der Waals surface area contributed by atoms with Crippen LogP contribution in [0.2, 0.25) is 10.0 Å². The van der Waals surface area contributed by atoms with Crippen LogP contribution in [-0.2, 0) is 10.8 Å². The molecule has 0 aromatic heterocycles. The molecule has 1 atom stereocenters. The number of nitrogens with two attached hydrogens (primary N) is 1. The lowest BCUT2D eigenvalue weighted by atomic mass is 10.1. The van der Waals surface area contributed by atoms with Gasteiger partial charge in [0.25, 0.3) is 0 Å². The van der Waals surface area contributed by atoms with Gasteiger partial charge in [0.1, 0.15) is 0 Å². The highest BCUT2D eigenvalue weighted by atomic mass is 35.5. The average Bonchev–Trinajstić information content (AvgIpc) is 2.98. The lowest BCUT2D eigenvalue weighted by Gasteiger charge is -2.14. The second-order valence-corrected chi connectivity index (χ2v) is 6.78. The van der Waals surface area contributed by atoms with Crippen molar-refractivity contribution in [3.8, 4) is 0 Å². The molecule has 0 bridgehead atoms. The van der Waals surface area contributed by atoms with Crippen LogP contribution in [0, 0.1) is 5.41 Å². The monoisotopic (exact) mass is 291 g/mol. The van der Waals surface area contributed by atoms with Gasteiger partial charge in [0, 0.05) is 5.75 Å². The van der Waals surface area contributed by atoms with Gasteiger partial charge in [0.05, 0.1) is 25.7 Å². The predicted octanol–water partition coefficient (Wildman–Crippen LogP) is 3.23. The Bertz CT molecular complexity index is 426. The smallest absolute Gasteiger partial charge is 0.0760 e. The molecular formula is C12H15Cl2NOS. The molecule has 2 nitrogen and oxygen atoms in total. The van der Waals surface area contributed by atoms with E-state index in [1.165, 1.54) is 0 Å². The van der Waals surface area contributed by atoms with E-state index in [1.54, 1.807) is 18.2 Å². The first-order valence-electron chi connectivity index (χ1n) is 5.60. The van der Waals surface area contributed by atoms with Crippen LogP contribution in [0.4, 0.5) is 0 Å². The predicted molar refractivity (Wildman–Crippen MR) is 73.1 cm³/mol. The van der Waals surface area contributed by atoms with E-state index in [1.807, 2.05) is 0 Å². The molecule has 1 saturated carbocycles. The van der Waals surface area contributed by atoms with Crippen molar-refractivity contribution in [3.63, 3.8) is 0 Å². The first-order valence-corrected chi connectivity index (χ1v) is 7.68. The van der Waals surface area contributed by atoms with E-state index in [-0.39, 0.29) is 5.41 Å². The molecule has 0 amide bonds. The van der Waals surface area contributed by atoms with Crippen LogP contribution in [-0.4, -0.2) is 16.5 Å². The Morgan fingerprint density at radius 2 is 1.88 bits per heavy atom. The highest BCUT2D eigenvalue weighted by Gasteiger charge is 2.43. The Morgan fingerprint density at radius 1 is 1.29 bits per heavy atom. The summed E-state index contributed by atoms with van der Waals surface area (Å²) < 4.78 is 12.3. The third-order valence-corrected chi connectivity index (χ3v) is 5.84. The van der Waals surface area contributed by atoms with Crippen molar-refractivity contribution in [2.45, 2.75) is 24.2 Å². The van der Waals surface area contributed by atoms with E-state index in [9.17, 15) is 4.21 Å². The molecule has 0 radical (unpaired) electrons. The summed E-state index contributed by atoms with van der Waals surface area (Å²) in [7, 11) is -1.13. The molecule has 17 heavy (non-hydrogen) atoms. The van der Waals surface area contributed by atoms with E-state index in [4.69, 9.17) is 28.9 Å². The fourth-order valence-electron chi connectivity index (χ4n) is 2.00. The topological polar surface area (TPSA) is 43.1 Å². The van der Waals surface area contributed by atoms with E-state index < -0.39 is 10.8 Å². The summed E-state index contributed by atoms with van der Waals surface area (Å²) >= 11 is 12.1. The van der Waals surface area contributed by atoms with Gasteiger partial charge in [0.2, 0.25) is 0 Å². The van der Waals surface area contributed by atoms with Crippen LogP contribution >= 0.6 is 23.2 Å². The third-order valence-electron chi connectivity index (χ3n) is 3.22. The van der Waals surface area contributed by atoms with Crippen molar-refractivity contribution in [2.24, 2.45) is 11.1 Å². The van der Waals surface area contributed by atoms with E-state index in [2.05, 4.69) is 0 Å². The van der Waals surface area contributed by atoms with E-state index >= 15 is 0 Å². The number of halogens is 2. The molecular weight excluding hydrogens is 277 g/mol. The average molecular weight is 292 g/mol. The maximum Gasteiger partial charge on any atom is 0.0760 e. The van der Waals surface area contributed by atoms with E-state index in [0.29, 0.717) is 27.2 Å². The Labute approximate surface area is 114 Å². The quantitative estimate of drug-likeness (QED) is 0.905. The highest BCUT2D eigenvalue weighted by Crippen LogP contribution is 2.50. The summed E-state index contributed by atoms with van der Waals surface area (Å²) in [6.45, 7) is 0.646. The molecule has 1 aromatic rings. The van der Waals surface area contributed by atoms with Gasteiger partial charge in [-0.25, -0.2) is 0 Å². The van der Waals surface area contributed by atoms with E-state index in [0.717, 1.165) is 19.3 Å². The van der Waals surface area contributed by atoms with Crippen molar-refractivity contribution in [1.29, 1.82) is 0 Å². The minimum absolute atomic E-state index is 0.169. The van der Waals surface area contributed by atoms with Gasteiger partial charge in [-0.3, -0.25) is 4.21 Å². The number of benzene rings is 1. The van der Waals surface area contributed by atoms with Crippen LogP contribution in [0.1, 0.15) is 19.3 Å². The van der Waals surface area contributed by atoms with Gasteiger partial charge < -0.3 is 5.73 Å². The number of rotatable bonds is 5. The molecule has 1 fully saturated rings. The maximum atomic E-state index is 12.3. The van der Waals surface area contributed by atoms with Crippen LogP contribution in [0.5, 0.6) is 0 Å². The summed E-state index contributed by atoms with van der Waals surface area (Å²) in [5.74, 6) is 0.619. The number of hydrogen-bond donors (Lipinski definition) is 1. The summed E-state index contributed by atoms with van der Waals surface area (Å²) in [6, 6.07) is 5.21. The lowest BCUT2D eigenvalue weighted by Crippen LogP contribution is -2.17. The van der Waals surface area contributed by atoms with Crippen LogP contribution < -0.4 is 5.73 Å². The largest absolute Gasteiger partial charge is 0.330 e. The molecule has 0 saturated heterocycles. The molecule has 0 aliphatic heterocycles. The van der Waals surface area contributed by atoms with Crippen molar-refractivity contribution in [2.75, 3.05) is 12.3 Å². The zero-order valence-electron chi connectivity index (χ0n) is 9.42. The molecule has 94 valence electrons. The fraction of sp³-hybridized carbons (Fsp3) is 0.500. The summed E-state index contributed by atoms with van der Waals surface area (Å²) in [5.41, 5.74) is 5.75. The SMILES string of the molecule is NCCC1(CS(=O)c2c(Cl)cccc2Cl)CC1. The molecule has 0 heterocycles. The van der Waals surface area contributed by atoms with Gasteiger partial charge >= 0.3 is 0 Å². The molecule has 1 aliphatic carbocycles. The van der Waals surface area contributed by atoms with Gasteiger partial charge in [-0.2, -0.15) is 0 Å². The number of hydrogen-bond acceptors (Lipinski definition) is 2. The highest BCUT2D eigenvalue weighted by molar-refractivity contribution is 7.85. The fourth-order valence-corrected chi connectivity index (χ4v) is 4.62. The Morgan fingerprint density at radius 3 is 2.35 bits per heavy atom. The minimum atomic E-state index is -1.13. The Hall–Kier alpha value is -0.0900. The first kappa shape index (κ1) is 13.3. The van der Waals surface area contributed by atoms with Crippen molar-refractivity contribution in [3.05, 3.63) is 28.2 Å². The molecule has 5 heteroatoms. The molecule has 1 aromatic carbocycles. The molecule has 2 rings (SSSR count). The van der Waals surface area contributed by atoms with Crippen molar-refractivity contribution >= 4 is 34.0 Å². The van der Waals surface area contributed by atoms with Crippen LogP contribution in [0.25, 0.3) is 0 Å².